The smallest absolute Gasteiger partial charge is 0.317 e. The molecule has 5 nitrogen and oxygen atoms in total. The maximum absolute atomic E-state index is 12.3. The molecule has 3 rings (SSSR count). The lowest BCUT2D eigenvalue weighted by molar-refractivity contribution is -0.138. The Morgan fingerprint density at radius 3 is 2.56 bits per heavy atom. The highest BCUT2D eigenvalue weighted by Crippen LogP contribution is 2.41. The molecule has 136 valence electrons. The number of carboxylic acid groups (broad SMARTS) is 1. The van der Waals surface area contributed by atoms with E-state index in [1.807, 2.05) is 23.1 Å². The molecule has 0 bridgehead atoms. The third-order valence-electron chi connectivity index (χ3n) is 5.34. The Bertz CT molecular complexity index is 586. The topological polar surface area (TPSA) is 69.6 Å². The number of rotatable bonds is 9. The number of aliphatic carboxylic acids is 1. The normalized spacial score (nSPS) is 23.5. The van der Waals surface area contributed by atoms with E-state index in [1.165, 1.54) is 18.4 Å². The van der Waals surface area contributed by atoms with Gasteiger partial charge in [0.2, 0.25) is 5.91 Å². The summed E-state index contributed by atoms with van der Waals surface area (Å²) in [6.45, 7) is 1.55. The molecular weight excluding hydrogens is 316 g/mol. The van der Waals surface area contributed by atoms with Crippen molar-refractivity contribution >= 4 is 11.9 Å². The largest absolute Gasteiger partial charge is 0.480 e. The fourth-order valence-electron chi connectivity index (χ4n) is 3.93. The number of benzene rings is 1. The average Bonchev–Trinajstić information content (AvgIpc) is 3.35. The molecule has 25 heavy (non-hydrogen) atoms. The minimum atomic E-state index is -0.789. The zero-order valence-corrected chi connectivity index (χ0v) is 14.7. The number of likely N-dealkylation sites (tertiary alicyclic amines) is 1. The first-order valence-electron chi connectivity index (χ1n) is 9.39. The molecule has 0 radical (unpaired) electrons. The molecule has 2 aliphatic rings. The Labute approximate surface area is 149 Å². The first-order valence-corrected chi connectivity index (χ1v) is 9.39. The highest BCUT2D eigenvalue weighted by atomic mass is 16.4. The molecule has 1 aliphatic carbocycles. The fourth-order valence-corrected chi connectivity index (χ4v) is 3.93. The molecule has 1 heterocycles. The highest BCUT2D eigenvalue weighted by molar-refractivity contribution is 5.76. The van der Waals surface area contributed by atoms with Crippen molar-refractivity contribution in [3.63, 3.8) is 0 Å². The number of hydrogen-bond acceptors (Lipinski definition) is 3. The minimum Gasteiger partial charge on any atom is -0.480 e. The first kappa shape index (κ1) is 17.9. The van der Waals surface area contributed by atoms with Gasteiger partial charge in [-0.1, -0.05) is 30.3 Å². The van der Waals surface area contributed by atoms with Gasteiger partial charge in [-0.05, 0) is 49.5 Å². The van der Waals surface area contributed by atoms with Gasteiger partial charge in [0.05, 0.1) is 6.54 Å². The summed E-state index contributed by atoms with van der Waals surface area (Å²) in [5, 5.41) is 12.2. The van der Waals surface area contributed by atoms with Crippen molar-refractivity contribution in [1.29, 1.82) is 0 Å². The van der Waals surface area contributed by atoms with Crippen LogP contribution in [0.2, 0.25) is 0 Å². The van der Waals surface area contributed by atoms with Crippen LogP contribution in [0, 0.1) is 11.8 Å². The summed E-state index contributed by atoms with van der Waals surface area (Å²) in [4.78, 5) is 25.2. The molecule has 0 aromatic heterocycles. The van der Waals surface area contributed by atoms with E-state index in [2.05, 4.69) is 17.4 Å². The van der Waals surface area contributed by atoms with E-state index in [-0.39, 0.29) is 18.5 Å². The number of amides is 1. The third kappa shape index (κ3) is 5.56. The number of carboxylic acids is 1. The van der Waals surface area contributed by atoms with Crippen molar-refractivity contribution in [1.82, 2.24) is 10.2 Å². The van der Waals surface area contributed by atoms with Crippen molar-refractivity contribution in [2.45, 2.75) is 44.6 Å². The van der Waals surface area contributed by atoms with E-state index in [0.29, 0.717) is 24.8 Å². The SMILES string of the molecule is O=C(O)CN1C[C@@H](NC(=O)CCCCc2ccccc2)[C@H](C2CC2)C1. The molecule has 1 aromatic rings. The second-order valence-electron chi connectivity index (χ2n) is 7.46. The van der Waals surface area contributed by atoms with Crippen molar-refractivity contribution in [3.05, 3.63) is 35.9 Å². The van der Waals surface area contributed by atoms with E-state index in [1.54, 1.807) is 0 Å². The number of carbonyl (C=O) groups excluding carboxylic acids is 1. The number of unbranched alkanes of at least 4 members (excludes halogenated alkanes) is 1. The zero-order chi connectivity index (χ0) is 17.6. The second kappa shape index (κ2) is 8.48. The van der Waals surface area contributed by atoms with Crippen LogP contribution in [-0.2, 0) is 16.0 Å². The predicted octanol–water partition coefficient (Wildman–Crippen LogP) is 2.31. The lowest BCUT2D eigenvalue weighted by Gasteiger charge is -2.19. The van der Waals surface area contributed by atoms with Crippen molar-refractivity contribution < 1.29 is 14.7 Å². The number of carbonyl (C=O) groups is 2. The van der Waals surface area contributed by atoms with Gasteiger partial charge in [0, 0.05) is 25.6 Å². The van der Waals surface area contributed by atoms with Gasteiger partial charge in [0.15, 0.2) is 0 Å². The van der Waals surface area contributed by atoms with Gasteiger partial charge >= 0.3 is 5.97 Å². The number of nitrogens with one attached hydrogen (secondary N) is 1. The summed E-state index contributed by atoms with van der Waals surface area (Å²) in [6, 6.07) is 10.5. The van der Waals surface area contributed by atoms with Crippen LogP contribution in [-0.4, -0.2) is 47.6 Å². The van der Waals surface area contributed by atoms with Gasteiger partial charge in [-0.2, -0.15) is 0 Å². The van der Waals surface area contributed by atoms with Gasteiger partial charge in [-0.3, -0.25) is 14.5 Å². The molecule has 1 amide bonds. The Balaban J connectivity index is 1.39. The van der Waals surface area contributed by atoms with Crippen molar-refractivity contribution in [2.24, 2.45) is 11.8 Å². The van der Waals surface area contributed by atoms with E-state index in [9.17, 15) is 9.59 Å². The molecule has 2 N–H and O–H groups in total. The summed E-state index contributed by atoms with van der Waals surface area (Å²) in [5.74, 6) is 0.415. The van der Waals surface area contributed by atoms with Crippen molar-refractivity contribution in [3.8, 4) is 0 Å². The van der Waals surface area contributed by atoms with Crippen molar-refractivity contribution in [2.75, 3.05) is 19.6 Å². The lowest BCUT2D eigenvalue weighted by atomic mass is 9.98. The quantitative estimate of drug-likeness (QED) is 0.675. The van der Waals surface area contributed by atoms with Gasteiger partial charge in [0.1, 0.15) is 0 Å². The second-order valence-corrected chi connectivity index (χ2v) is 7.46. The maximum atomic E-state index is 12.3. The number of nitrogens with zero attached hydrogens (tertiary/aromatic N) is 1. The standard InChI is InChI=1S/C20H28N2O3/c23-19(9-5-4-8-15-6-2-1-3-7-15)21-18-13-22(14-20(24)25)12-17(18)16-10-11-16/h1-3,6-7,16-18H,4-5,8-14H2,(H,21,23)(H,24,25)/t17-,18+/m0/s1. The van der Waals surface area contributed by atoms with Crippen LogP contribution in [0.15, 0.2) is 30.3 Å². The molecule has 2 atom stereocenters. The van der Waals surface area contributed by atoms with Gasteiger partial charge in [0.25, 0.3) is 0 Å². The van der Waals surface area contributed by atoms with E-state index in [4.69, 9.17) is 5.11 Å². The number of hydrogen-bond donors (Lipinski definition) is 2. The molecule has 2 fully saturated rings. The summed E-state index contributed by atoms with van der Waals surface area (Å²) >= 11 is 0. The number of aryl methyl sites for hydroxylation is 1. The highest BCUT2D eigenvalue weighted by Gasteiger charge is 2.43. The summed E-state index contributed by atoms with van der Waals surface area (Å²) < 4.78 is 0. The summed E-state index contributed by atoms with van der Waals surface area (Å²) in [7, 11) is 0. The van der Waals surface area contributed by atoms with Gasteiger partial charge in [-0.15, -0.1) is 0 Å². The van der Waals surface area contributed by atoms with Gasteiger partial charge in [-0.25, -0.2) is 0 Å². The zero-order valence-electron chi connectivity index (χ0n) is 14.7. The van der Waals surface area contributed by atoms with Crippen LogP contribution in [0.1, 0.15) is 37.7 Å². The lowest BCUT2D eigenvalue weighted by Crippen LogP contribution is -2.41. The fraction of sp³-hybridized carbons (Fsp3) is 0.600. The Hall–Kier alpha value is -1.88. The monoisotopic (exact) mass is 344 g/mol. The van der Waals surface area contributed by atoms with Crippen LogP contribution in [0.25, 0.3) is 0 Å². The first-order chi connectivity index (χ1) is 12.1. The molecule has 1 aliphatic heterocycles. The Morgan fingerprint density at radius 2 is 1.88 bits per heavy atom. The molecule has 1 aromatic carbocycles. The molecule has 0 spiro atoms. The van der Waals surface area contributed by atoms with Crippen LogP contribution in [0.3, 0.4) is 0 Å². The molecular formula is C20H28N2O3. The summed E-state index contributed by atoms with van der Waals surface area (Å²) in [6.07, 6.45) is 5.90. The Morgan fingerprint density at radius 1 is 1.12 bits per heavy atom. The van der Waals surface area contributed by atoms with Crippen LogP contribution in [0.4, 0.5) is 0 Å². The molecule has 1 saturated carbocycles. The van der Waals surface area contributed by atoms with Gasteiger partial charge < -0.3 is 10.4 Å². The van der Waals surface area contributed by atoms with Crippen LogP contribution in [0.5, 0.6) is 0 Å². The minimum absolute atomic E-state index is 0.0761. The van der Waals surface area contributed by atoms with E-state index < -0.39 is 5.97 Å². The van der Waals surface area contributed by atoms with E-state index in [0.717, 1.165) is 25.8 Å². The Kier molecular flexibility index (Phi) is 6.08. The maximum Gasteiger partial charge on any atom is 0.317 e. The molecule has 0 unspecified atom stereocenters. The predicted molar refractivity (Wildman–Crippen MR) is 96.2 cm³/mol. The van der Waals surface area contributed by atoms with E-state index >= 15 is 0 Å². The summed E-state index contributed by atoms with van der Waals surface area (Å²) in [5.41, 5.74) is 1.32. The van der Waals surface area contributed by atoms with Crippen LogP contribution < -0.4 is 5.32 Å². The van der Waals surface area contributed by atoms with Crippen LogP contribution >= 0.6 is 0 Å². The molecule has 5 heteroatoms. The molecule has 1 saturated heterocycles. The average molecular weight is 344 g/mol. The third-order valence-corrected chi connectivity index (χ3v) is 5.34.